The minimum absolute atomic E-state index is 0.0951. The highest BCUT2D eigenvalue weighted by Crippen LogP contribution is 2.23. The normalized spacial score (nSPS) is 10.6. The molecule has 0 atom stereocenters. The summed E-state index contributed by atoms with van der Waals surface area (Å²) >= 11 is 3.41. The highest BCUT2D eigenvalue weighted by molar-refractivity contribution is 9.10. The first-order valence-electron chi connectivity index (χ1n) is 5.71. The fraction of sp³-hybridized carbons (Fsp3) is 0.308. The van der Waals surface area contributed by atoms with Crippen molar-refractivity contribution >= 4 is 21.7 Å². The number of carbonyl (C=O) groups is 1. The highest BCUT2D eigenvalue weighted by atomic mass is 79.9. The molecule has 5 heteroatoms. The zero-order chi connectivity index (χ0) is 13.1. The number of hydrogen-bond donors (Lipinski definition) is 0. The van der Waals surface area contributed by atoms with Crippen LogP contribution in [0.15, 0.2) is 27.2 Å². The van der Waals surface area contributed by atoms with E-state index in [0.717, 1.165) is 15.6 Å². The third-order valence-corrected chi connectivity index (χ3v) is 3.13. The Hall–Kier alpha value is -1.49. The van der Waals surface area contributed by atoms with Gasteiger partial charge in [0, 0.05) is 16.5 Å². The molecule has 0 aliphatic heterocycles. The van der Waals surface area contributed by atoms with Gasteiger partial charge in [-0.1, -0.05) is 28.0 Å². The maximum absolute atomic E-state index is 11.3. The Morgan fingerprint density at radius 1 is 1.44 bits per heavy atom. The van der Waals surface area contributed by atoms with Gasteiger partial charge in [0.25, 0.3) is 0 Å². The van der Waals surface area contributed by atoms with Crippen LogP contribution in [0.5, 0.6) is 0 Å². The molecule has 0 aliphatic carbocycles. The van der Waals surface area contributed by atoms with Gasteiger partial charge in [0.1, 0.15) is 5.78 Å². The lowest BCUT2D eigenvalue weighted by Gasteiger charge is -2.00. The molecular weight excluding hydrogens is 296 g/mol. The molecule has 0 saturated heterocycles. The molecule has 2 rings (SSSR count). The van der Waals surface area contributed by atoms with E-state index in [1.165, 1.54) is 0 Å². The van der Waals surface area contributed by atoms with Crippen molar-refractivity contribution in [3.63, 3.8) is 0 Å². The lowest BCUT2D eigenvalue weighted by Crippen LogP contribution is -2.00. The second-order valence-corrected chi connectivity index (χ2v) is 4.96. The van der Waals surface area contributed by atoms with Gasteiger partial charge in [0.2, 0.25) is 11.7 Å². The molecule has 0 spiro atoms. The predicted molar refractivity (Wildman–Crippen MR) is 71.2 cm³/mol. The summed E-state index contributed by atoms with van der Waals surface area (Å²) in [5.74, 6) is 0.996. The average molecular weight is 309 g/mol. The van der Waals surface area contributed by atoms with Crippen molar-refractivity contribution in [2.24, 2.45) is 0 Å². The third kappa shape index (κ3) is 2.85. The van der Waals surface area contributed by atoms with E-state index in [2.05, 4.69) is 26.1 Å². The largest absolute Gasteiger partial charge is 0.339 e. The zero-order valence-corrected chi connectivity index (χ0v) is 11.8. The smallest absolute Gasteiger partial charge is 0.234 e. The Kier molecular flexibility index (Phi) is 3.91. The van der Waals surface area contributed by atoms with Crippen LogP contribution in [0.1, 0.15) is 24.8 Å². The molecule has 4 nitrogen and oxygen atoms in total. The van der Waals surface area contributed by atoms with Crippen LogP contribution in [0.3, 0.4) is 0 Å². The van der Waals surface area contributed by atoms with Gasteiger partial charge in [0.15, 0.2) is 0 Å². The number of nitrogens with zero attached hydrogens (tertiary/aromatic N) is 2. The molecule has 0 N–H and O–H groups in total. The second-order valence-electron chi connectivity index (χ2n) is 4.04. The Labute approximate surface area is 114 Å². The Morgan fingerprint density at radius 3 is 2.89 bits per heavy atom. The molecule has 0 saturated carbocycles. The standard InChI is InChI=1S/C13H13BrN2O2/c1-3-10(17)7-12-15-13(16-18-12)11-5-4-9(14)6-8(11)2/h4-6H,3,7H2,1-2H3. The number of aryl methyl sites for hydroxylation is 1. The summed E-state index contributed by atoms with van der Waals surface area (Å²) in [6.45, 7) is 3.80. The highest BCUT2D eigenvalue weighted by Gasteiger charge is 2.13. The molecule has 0 fully saturated rings. The SMILES string of the molecule is CCC(=O)Cc1nc(-c2ccc(Br)cc2C)no1. The van der Waals surface area contributed by atoms with Gasteiger partial charge in [-0.15, -0.1) is 0 Å². The van der Waals surface area contributed by atoms with Crippen LogP contribution in [0.4, 0.5) is 0 Å². The molecule has 2 aromatic rings. The molecule has 0 unspecified atom stereocenters. The number of aromatic nitrogens is 2. The fourth-order valence-corrected chi connectivity index (χ4v) is 2.08. The Balaban J connectivity index is 2.26. The lowest BCUT2D eigenvalue weighted by atomic mass is 10.1. The number of Topliss-reactive ketones (excluding diaryl/α,β-unsaturated/α-hetero) is 1. The number of ketones is 1. The van der Waals surface area contributed by atoms with Crippen LogP contribution >= 0.6 is 15.9 Å². The van der Waals surface area contributed by atoms with Crippen LogP contribution < -0.4 is 0 Å². The molecule has 0 aliphatic rings. The van der Waals surface area contributed by atoms with E-state index in [4.69, 9.17) is 4.52 Å². The molecule has 18 heavy (non-hydrogen) atoms. The summed E-state index contributed by atoms with van der Waals surface area (Å²) in [5.41, 5.74) is 1.97. The maximum atomic E-state index is 11.3. The lowest BCUT2D eigenvalue weighted by molar-refractivity contribution is -0.118. The van der Waals surface area contributed by atoms with E-state index >= 15 is 0 Å². The fourth-order valence-electron chi connectivity index (χ4n) is 1.61. The first-order valence-corrected chi connectivity index (χ1v) is 6.50. The molecular formula is C13H13BrN2O2. The van der Waals surface area contributed by atoms with Crippen molar-refractivity contribution in [1.82, 2.24) is 10.1 Å². The number of halogens is 1. The van der Waals surface area contributed by atoms with Gasteiger partial charge in [-0.05, 0) is 30.7 Å². The number of carbonyl (C=O) groups excluding carboxylic acids is 1. The third-order valence-electron chi connectivity index (χ3n) is 2.64. The Morgan fingerprint density at radius 2 is 2.22 bits per heavy atom. The molecule has 0 amide bonds. The summed E-state index contributed by atoms with van der Waals surface area (Å²) in [4.78, 5) is 15.5. The predicted octanol–water partition coefficient (Wildman–Crippen LogP) is 3.33. The van der Waals surface area contributed by atoms with Crippen LogP contribution in [-0.4, -0.2) is 15.9 Å². The van der Waals surface area contributed by atoms with E-state index in [9.17, 15) is 4.79 Å². The van der Waals surface area contributed by atoms with Crippen LogP contribution in [0.25, 0.3) is 11.4 Å². The number of hydrogen-bond acceptors (Lipinski definition) is 4. The van der Waals surface area contributed by atoms with Crippen LogP contribution in [0.2, 0.25) is 0 Å². The summed E-state index contributed by atoms with van der Waals surface area (Å²) in [6, 6.07) is 5.84. The second kappa shape index (κ2) is 5.44. The maximum Gasteiger partial charge on any atom is 0.234 e. The van der Waals surface area contributed by atoms with E-state index in [1.807, 2.05) is 32.0 Å². The van der Waals surface area contributed by atoms with Crippen molar-refractivity contribution in [3.05, 3.63) is 34.1 Å². The van der Waals surface area contributed by atoms with Crippen LogP contribution in [-0.2, 0) is 11.2 Å². The molecule has 0 radical (unpaired) electrons. The van der Waals surface area contributed by atoms with Gasteiger partial charge in [-0.3, -0.25) is 4.79 Å². The van der Waals surface area contributed by atoms with Gasteiger partial charge in [0.05, 0.1) is 6.42 Å². The first-order chi connectivity index (χ1) is 8.60. The average Bonchev–Trinajstić information content (AvgIpc) is 2.77. The summed E-state index contributed by atoms with van der Waals surface area (Å²) in [7, 11) is 0. The van der Waals surface area contributed by atoms with E-state index < -0.39 is 0 Å². The Bertz CT molecular complexity index is 578. The number of benzene rings is 1. The quantitative estimate of drug-likeness (QED) is 0.869. The summed E-state index contributed by atoms with van der Waals surface area (Å²) in [5, 5.41) is 3.91. The topological polar surface area (TPSA) is 56.0 Å². The first kappa shape index (κ1) is 13.0. The van der Waals surface area contributed by atoms with Gasteiger partial charge >= 0.3 is 0 Å². The van der Waals surface area contributed by atoms with Crippen molar-refractivity contribution in [2.45, 2.75) is 26.7 Å². The van der Waals surface area contributed by atoms with E-state index in [0.29, 0.717) is 18.1 Å². The molecule has 0 bridgehead atoms. The molecule has 1 aromatic carbocycles. The minimum atomic E-state index is 0.0951. The molecule has 94 valence electrons. The number of rotatable bonds is 4. The monoisotopic (exact) mass is 308 g/mol. The van der Waals surface area contributed by atoms with E-state index in [-0.39, 0.29) is 12.2 Å². The van der Waals surface area contributed by atoms with Gasteiger partial charge in [-0.2, -0.15) is 4.98 Å². The van der Waals surface area contributed by atoms with E-state index in [1.54, 1.807) is 0 Å². The van der Waals surface area contributed by atoms with Crippen molar-refractivity contribution in [1.29, 1.82) is 0 Å². The minimum Gasteiger partial charge on any atom is -0.339 e. The molecule has 1 heterocycles. The van der Waals surface area contributed by atoms with Crippen molar-refractivity contribution in [3.8, 4) is 11.4 Å². The summed E-state index contributed by atoms with van der Waals surface area (Å²) in [6.07, 6.45) is 0.689. The molecule has 1 aromatic heterocycles. The van der Waals surface area contributed by atoms with Crippen molar-refractivity contribution in [2.75, 3.05) is 0 Å². The van der Waals surface area contributed by atoms with Crippen LogP contribution in [0, 0.1) is 6.92 Å². The van der Waals surface area contributed by atoms with Gasteiger partial charge in [-0.25, -0.2) is 0 Å². The zero-order valence-electron chi connectivity index (χ0n) is 10.2. The summed E-state index contributed by atoms with van der Waals surface area (Å²) < 4.78 is 6.09. The van der Waals surface area contributed by atoms with Crippen molar-refractivity contribution < 1.29 is 9.32 Å². The van der Waals surface area contributed by atoms with Gasteiger partial charge < -0.3 is 4.52 Å².